The standard InChI is InChI=1S/C14H19NO2S/c1-17-13-6-2-5-12(9-13)15-14(16)8-11-4-3-7-18-10-11/h2,5-6,9,11H,3-4,7-8,10H2,1H3,(H,15,16). The van der Waals surface area contributed by atoms with Crippen molar-refractivity contribution in [2.75, 3.05) is 23.9 Å². The molecule has 3 nitrogen and oxygen atoms in total. The van der Waals surface area contributed by atoms with Crippen molar-refractivity contribution in [2.24, 2.45) is 5.92 Å². The first kappa shape index (κ1) is 13.3. The van der Waals surface area contributed by atoms with Crippen molar-refractivity contribution in [2.45, 2.75) is 19.3 Å². The molecule has 2 rings (SSSR count). The summed E-state index contributed by atoms with van der Waals surface area (Å²) in [4.78, 5) is 11.9. The van der Waals surface area contributed by atoms with Crippen LogP contribution in [0.5, 0.6) is 5.75 Å². The van der Waals surface area contributed by atoms with E-state index in [1.54, 1.807) is 7.11 Å². The minimum Gasteiger partial charge on any atom is -0.497 e. The summed E-state index contributed by atoms with van der Waals surface area (Å²) in [5.41, 5.74) is 0.808. The molecule has 0 saturated carbocycles. The number of carbonyl (C=O) groups is 1. The molecule has 1 N–H and O–H groups in total. The van der Waals surface area contributed by atoms with Gasteiger partial charge in [0.15, 0.2) is 0 Å². The van der Waals surface area contributed by atoms with Crippen LogP contribution >= 0.6 is 11.8 Å². The van der Waals surface area contributed by atoms with Gasteiger partial charge in [-0.2, -0.15) is 11.8 Å². The number of anilines is 1. The van der Waals surface area contributed by atoms with Crippen LogP contribution in [0.25, 0.3) is 0 Å². The number of benzene rings is 1. The van der Waals surface area contributed by atoms with Crippen molar-refractivity contribution in [1.82, 2.24) is 0 Å². The Morgan fingerprint density at radius 3 is 3.17 bits per heavy atom. The highest BCUT2D eigenvalue weighted by Crippen LogP contribution is 2.25. The number of nitrogens with one attached hydrogen (secondary N) is 1. The third-order valence-corrected chi connectivity index (χ3v) is 4.37. The van der Waals surface area contributed by atoms with Gasteiger partial charge in [-0.25, -0.2) is 0 Å². The molecule has 0 spiro atoms. The number of amides is 1. The molecule has 1 heterocycles. The fraction of sp³-hybridized carbons (Fsp3) is 0.500. The number of thioether (sulfide) groups is 1. The number of rotatable bonds is 4. The quantitative estimate of drug-likeness (QED) is 0.908. The predicted octanol–water partition coefficient (Wildman–Crippen LogP) is 3.17. The number of ether oxygens (including phenoxy) is 1. The largest absolute Gasteiger partial charge is 0.497 e. The van der Waals surface area contributed by atoms with Gasteiger partial charge in [-0.3, -0.25) is 4.79 Å². The van der Waals surface area contributed by atoms with E-state index in [4.69, 9.17) is 4.74 Å². The van der Waals surface area contributed by atoms with E-state index in [2.05, 4.69) is 5.32 Å². The van der Waals surface area contributed by atoms with Gasteiger partial charge in [-0.15, -0.1) is 0 Å². The number of methoxy groups -OCH3 is 1. The van der Waals surface area contributed by atoms with E-state index >= 15 is 0 Å². The Bertz CT molecular complexity index is 403. The van der Waals surface area contributed by atoms with E-state index in [1.807, 2.05) is 36.0 Å². The normalized spacial score (nSPS) is 19.3. The smallest absolute Gasteiger partial charge is 0.224 e. The summed E-state index contributed by atoms with van der Waals surface area (Å²) in [6.45, 7) is 0. The van der Waals surface area contributed by atoms with Crippen LogP contribution in [0.15, 0.2) is 24.3 Å². The zero-order chi connectivity index (χ0) is 12.8. The first-order valence-corrected chi connectivity index (χ1v) is 7.45. The lowest BCUT2D eigenvalue weighted by molar-refractivity contribution is -0.117. The second-order valence-electron chi connectivity index (χ2n) is 4.57. The zero-order valence-corrected chi connectivity index (χ0v) is 11.5. The summed E-state index contributed by atoms with van der Waals surface area (Å²) in [7, 11) is 1.63. The zero-order valence-electron chi connectivity index (χ0n) is 10.6. The monoisotopic (exact) mass is 265 g/mol. The van der Waals surface area contributed by atoms with Crippen LogP contribution in [0.1, 0.15) is 19.3 Å². The molecule has 1 atom stereocenters. The maximum atomic E-state index is 11.9. The third-order valence-electron chi connectivity index (χ3n) is 3.08. The molecule has 98 valence electrons. The molecular formula is C14H19NO2S. The summed E-state index contributed by atoms with van der Waals surface area (Å²) in [6.07, 6.45) is 3.05. The van der Waals surface area contributed by atoms with E-state index in [0.29, 0.717) is 12.3 Å². The van der Waals surface area contributed by atoms with E-state index in [-0.39, 0.29) is 5.91 Å². The second-order valence-corrected chi connectivity index (χ2v) is 5.72. The predicted molar refractivity (Wildman–Crippen MR) is 76.3 cm³/mol. The average Bonchev–Trinajstić information content (AvgIpc) is 2.40. The summed E-state index contributed by atoms with van der Waals surface area (Å²) >= 11 is 1.96. The molecule has 0 aliphatic carbocycles. The second kappa shape index (κ2) is 6.69. The van der Waals surface area contributed by atoms with Crippen LogP contribution in [0.2, 0.25) is 0 Å². The number of hydrogen-bond acceptors (Lipinski definition) is 3. The SMILES string of the molecule is COc1cccc(NC(=O)CC2CCCSC2)c1. The van der Waals surface area contributed by atoms with Crippen LogP contribution < -0.4 is 10.1 Å². The Labute approximate surface area is 112 Å². The van der Waals surface area contributed by atoms with E-state index in [9.17, 15) is 4.79 Å². The van der Waals surface area contributed by atoms with Gasteiger partial charge in [0.05, 0.1) is 7.11 Å². The summed E-state index contributed by atoms with van der Waals surface area (Å²) in [6, 6.07) is 7.47. The average molecular weight is 265 g/mol. The lowest BCUT2D eigenvalue weighted by atomic mass is 10.0. The minimum absolute atomic E-state index is 0.107. The topological polar surface area (TPSA) is 38.3 Å². The Morgan fingerprint density at radius 1 is 1.56 bits per heavy atom. The van der Waals surface area contributed by atoms with Crippen LogP contribution in [0.4, 0.5) is 5.69 Å². The molecule has 1 aromatic carbocycles. The summed E-state index contributed by atoms with van der Waals surface area (Å²) in [5.74, 6) is 3.77. The molecule has 0 radical (unpaired) electrons. The fourth-order valence-electron chi connectivity index (χ4n) is 2.14. The summed E-state index contributed by atoms with van der Waals surface area (Å²) in [5, 5.41) is 2.94. The van der Waals surface area contributed by atoms with E-state index < -0.39 is 0 Å². The van der Waals surface area contributed by atoms with Crippen molar-refractivity contribution in [3.8, 4) is 5.75 Å². The van der Waals surface area contributed by atoms with E-state index in [1.165, 1.54) is 18.6 Å². The fourth-order valence-corrected chi connectivity index (χ4v) is 3.30. The van der Waals surface area contributed by atoms with Crippen LogP contribution in [-0.2, 0) is 4.79 Å². The van der Waals surface area contributed by atoms with Crippen molar-refractivity contribution >= 4 is 23.4 Å². The maximum Gasteiger partial charge on any atom is 0.224 e. The van der Waals surface area contributed by atoms with Gasteiger partial charge in [-0.1, -0.05) is 6.07 Å². The summed E-state index contributed by atoms with van der Waals surface area (Å²) < 4.78 is 5.13. The molecule has 1 aliphatic heterocycles. The lowest BCUT2D eigenvalue weighted by Crippen LogP contribution is -2.20. The van der Waals surface area contributed by atoms with E-state index in [0.717, 1.165) is 17.2 Å². The molecule has 1 fully saturated rings. The number of hydrogen-bond donors (Lipinski definition) is 1. The molecule has 18 heavy (non-hydrogen) atoms. The van der Waals surface area contributed by atoms with Crippen molar-refractivity contribution in [3.05, 3.63) is 24.3 Å². The Morgan fingerprint density at radius 2 is 2.44 bits per heavy atom. The minimum atomic E-state index is 0.107. The number of carbonyl (C=O) groups excluding carboxylic acids is 1. The van der Waals surface area contributed by atoms with Gasteiger partial charge >= 0.3 is 0 Å². The van der Waals surface area contributed by atoms with Crippen LogP contribution in [0.3, 0.4) is 0 Å². The van der Waals surface area contributed by atoms with Crippen LogP contribution in [0, 0.1) is 5.92 Å². The highest BCUT2D eigenvalue weighted by Gasteiger charge is 2.17. The molecule has 1 saturated heterocycles. The van der Waals surface area contributed by atoms with Crippen molar-refractivity contribution in [3.63, 3.8) is 0 Å². The van der Waals surface area contributed by atoms with Gasteiger partial charge in [0.1, 0.15) is 5.75 Å². The van der Waals surface area contributed by atoms with Gasteiger partial charge < -0.3 is 10.1 Å². The Kier molecular flexibility index (Phi) is 4.93. The molecule has 1 aliphatic rings. The molecular weight excluding hydrogens is 246 g/mol. The molecule has 4 heteroatoms. The van der Waals surface area contributed by atoms with Gasteiger partial charge in [0, 0.05) is 18.2 Å². The highest BCUT2D eigenvalue weighted by molar-refractivity contribution is 7.99. The van der Waals surface area contributed by atoms with Crippen molar-refractivity contribution in [1.29, 1.82) is 0 Å². The first-order valence-electron chi connectivity index (χ1n) is 6.29. The maximum absolute atomic E-state index is 11.9. The van der Waals surface area contributed by atoms with Gasteiger partial charge in [0.2, 0.25) is 5.91 Å². The Balaban J connectivity index is 1.85. The molecule has 1 unspecified atom stereocenters. The van der Waals surface area contributed by atoms with Crippen molar-refractivity contribution < 1.29 is 9.53 Å². The molecule has 0 aromatic heterocycles. The highest BCUT2D eigenvalue weighted by atomic mass is 32.2. The third kappa shape index (κ3) is 3.95. The molecule has 1 aromatic rings. The lowest BCUT2D eigenvalue weighted by Gasteiger charge is -2.20. The van der Waals surface area contributed by atoms with Gasteiger partial charge in [-0.05, 0) is 42.4 Å². The molecule has 1 amide bonds. The molecule has 0 bridgehead atoms. The van der Waals surface area contributed by atoms with Crippen LogP contribution in [-0.4, -0.2) is 24.5 Å². The first-order chi connectivity index (χ1) is 8.78. The Hall–Kier alpha value is -1.16. The van der Waals surface area contributed by atoms with Gasteiger partial charge in [0.25, 0.3) is 0 Å².